The van der Waals surface area contributed by atoms with Crippen LogP contribution >= 0.6 is 12.4 Å². The van der Waals surface area contributed by atoms with E-state index in [0.717, 1.165) is 35.0 Å². The van der Waals surface area contributed by atoms with Crippen molar-refractivity contribution < 1.29 is 28.0 Å². The summed E-state index contributed by atoms with van der Waals surface area (Å²) < 4.78 is 37.3. The number of halogens is 1. The molecule has 3 fully saturated rings. The average Bonchev–Trinajstić information content (AvgIpc) is 3.68. The Balaban J connectivity index is 0.00000300. The molecule has 1 saturated heterocycles. The standard InChI is InChI=1S/C32H37N3O6S.ClH/c1-34(2)24-7-3-6-22-21(24)5-4-8-26(22)42(39,40)33-23-13-14-32(37)27-17-20-11-12-25(36)29-28(20)31(32,30(23)41-29)15-16-35(27,38)18-19-9-10-19;/h3-8,11-12,19,23,27,30,33,36-37H,9-10,13-18H2,1-2H3;1H/t23-,27-,30+,31?,32-,35?;/m1./s1. The van der Waals surface area contributed by atoms with E-state index >= 15 is 0 Å². The Bertz CT molecular complexity index is 1750. The summed E-state index contributed by atoms with van der Waals surface area (Å²) in [5.74, 6) is 0.718. The lowest BCUT2D eigenvalue weighted by Gasteiger charge is -2.68. The van der Waals surface area contributed by atoms with Gasteiger partial charge in [0.1, 0.15) is 17.7 Å². The van der Waals surface area contributed by atoms with Crippen molar-refractivity contribution >= 4 is 38.9 Å². The number of nitrogens with one attached hydrogen (secondary N) is 1. The summed E-state index contributed by atoms with van der Waals surface area (Å²) in [6.45, 7) is 0.856. The van der Waals surface area contributed by atoms with E-state index in [1.807, 2.05) is 49.3 Å². The van der Waals surface area contributed by atoms with Crippen LogP contribution in [0.4, 0.5) is 5.69 Å². The number of sulfonamides is 1. The number of fused-ring (bicyclic) bond motifs is 1. The molecule has 3 aliphatic carbocycles. The Labute approximate surface area is 258 Å². The van der Waals surface area contributed by atoms with E-state index in [4.69, 9.17) is 4.74 Å². The maximum absolute atomic E-state index is 14.4. The Morgan fingerprint density at radius 3 is 2.56 bits per heavy atom. The number of nitrogens with zero attached hydrogens (tertiary/aromatic N) is 2. The van der Waals surface area contributed by atoms with Crippen LogP contribution in [0, 0.1) is 11.1 Å². The van der Waals surface area contributed by atoms with Crippen molar-refractivity contribution in [2.75, 3.05) is 32.1 Å². The zero-order valence-corrected chi connectivity index (χ0v) is 26.0. The number of aromatic hydroxyl groups is 1. The maximum Gasteiger partial charge on any atom is 0.241 e. The fourth-order valence-corrected chi connectivity index (χ4v) is 10.5. The first kappa shape index (κ1) is 29.1. The van der Waals surface area contributed by atoms with Gasteiger partial charge in [0.15, 0.2) is 11.5 Å². The van der Waals surface area contributed by atoms with E-state index in [0.29, 0.717) is 49.4 Å². The molecule has 0 radical (unpaired) electrons. The monoisotopic (exact) mass is 627 g/mol. The van der Waals surface area contributed by atoms with Gasteiger partial charge in [0.05, 0.1) is 29.4 Å². The van der Waals surface area contributed by atoms with E-state index in [-0.39, 0.29) is 29.5 Å². The third-order valence-corrected chi connectivity index (χ3v) is 12.5. The van der Waals surface area contributed by atoms with Crippen LogP contribution in [0.1, 0.15) is 43.2 Å². The van der Waals surface area contributed by atoms with E-state index in [9.17, 15) is 23.8 Å². The van der Waals surface area contributed by atoms with Crippen LogP contribution in [0.3, 0.4) is 0 Å². The fraction of sp³-hybridized carbons (Fsp3) is 0.500. The molecule has 3 N–H and O–H groups in total. The average molecular weight is 628 g/mol. The number of quaternary nitrogens is 1. The number of benzene rings is 3. The van der Waals surface area contributed by atoms with Gasteiger partial charge in [-0.1, -0.05) is 30.3 Å². The predicted molar refractivity (Wildman–Crippen MR) is 166 cm³/mol. The fourth-order valence-electron chi connectivity index (χ4n) is 9.03. The molecule has 230 valence electrons. The summed E-state index contributed by atoms with van der Waals surface area (Å²) in [7, 11) is -0.159. The molecule has 8 rings (SSSR count). The lowest BCUT2D eigenvalue weighted by atomic mass is 9.48. The summed E-state index contributed by atoms with van der Waals surface area (Å²) in [6.07, 6.45) is 2.78. The van der Waals surface area contributed by atoms with Crippen LogP contribution in [-0.2, 0) is 21.9 Å². The molecule has 3 aromatic rings. The number of hydroxylamine groups is 3. The van der Waals surface area contributed by atoms with Gasteiger partial charge in [-0.25, -0.2) is 13.1 Å². The lowest BCUT2D eigenvalue weighted by Crippen LogP contribution is -2.81. The molecule has 0 aromatic heterocycles. The number of anilines is 1. The second-order valence-corrected chi connectivity index (χ2v) is 15.1. The highest BCUT2D eigenvalue weighted by atomic mass is 35.5. The van der Waals surface area contributed by atoms with Crippen molar-refractivity contribution in [3.63, 3.8) is 0 Å². The quantitative estimate of drug-likeness (QED) is 0.279. The number of rotatable bonds is 6. The van der Waals surface area contributed by atoms with Crippen molar-refractivity contribution in [2.45, 2.75) is 72.6 Å². The van der Waals surface area contributed by atoms with Crippen LogP contribution in [0.25, 0.3) is 10.8 Å². The Kier molecular flexibility index (Phi) is 6.40. The SMILES string of the molecule is CN(C)c1cccc2c(S(=O)(=O)N[C@@H]3CC[C@@]4(O)[C@H]5Cc6ccc(O)c7c6C4(CC[N+]5([O-])CC4CC4)[C@H]3O7)cccc12.Cl. The summed E-state index contributed by atoms with van der Waals surface area (Å²) in [4.78, 5) is 2.15. The van der Waals surface area contributed by atoms with Gasteiger partial charge in [0, 0.05) is 54.9 Å². The normalized spacial score (nSPS) is 33.8. The molecular weight excluding hydrogens is 590 g/mol. The van der Waals surface area contributed by atoms with Crippen LogP contribution in [0.15, 0.2) is 53.4 Å². The van der Waals surface area contributed by atoms with E-state index < -0.39 is 43.9 Å². The van der Waals surface area contributed by atoms with Crippen LogP contribution in [0.2, 0.25) is 0 Å². The Morgan fingerprint density at radius 2 is 1.81 bits per heavy atom. The summed E-state index contributed by atoms with van der Waals surface area (Å²) in [6, 6.07) is 13.2. The number of piperidine rings is 1. The number of phenols is 1. The van der Waals surface area contributed by atoms with Gasteiger partial charge in [-0.2, -0.15) is 0 Å². The molecule has 6 atom stereocenters. The molecule has 9 nitrogen and oxygen atoms in total. The molecule has 5 aliphatic rings. The van der Waals surface area contributed by atoms with Crippen molar-refractivity contribution in [3.05, 3.63) is 64.9 Å². The van der Waals surface area contributed by atoms with Gasteiger partial charge in [-0.05, 0) is 49.4 Å². The molecule has 0 amide bonds. The molecule has 1 spiro atoms. The topological polar surface area (TPSA) is 122 Å². The minimum atomic E-state index is -4.01. The van der Waals surface area contributed by atoms with E-state index in [1.54, 1.807) is 18.2 Å². The zero-order valence-electron chi connectivity index (χ0n) is 24.3. The molecular formula is C32H38ClN3O6S. The molecule has 2 unspecified atom stereocenters. The molecule has 43 heavy (non-hydrogen) atoms. The first-order chi connectivity index (χ1) is 20.0. The van der Waals surface area contributed by atoms with Gasteiger partial charge >= 0.3 is 0 Å². The highest BCUT2D eigenvalue weighted by molar-refractivity contribution is 7.89. The van der Waals surface area contributed by atoms with E-state index in [1.165, 1.54) is 0 Å². The Hall–Kier alpha value is -2.60. The first-order valence-electron chi connectivity index (χ1n) is 15.0. The molecule has 2 heterocycles. The number of ether oxygens (including phenoxy) is 1. The van der Waals surface area contributed by atoms with Crippen molar-refractivity contribution in [3.8, 4) is 11.5 Å². The number of hydrogen-bond acceptors (Lipinski definition) is 7. The smallest absolute Gasteiger partial charge is 0.241 e. The number of likely N-dealkylation sites (tertiary alicyclic amines) is 1. The highest BCUT2D eigenvalue weighted by Crippen LogP contribution is 2.66. The second kappa shape index (κ2) is 9.45. The minimum absolute atomic E-state index is 0. The van der Waals surface area contributed by atoms with Crippen molar-refractivity contribution in [2.24, 2.45) is 5.92 Å². The lowest BCUT2D eigenvalue weighted by molar-refractivity contribution is -0.924. The molecule has 11 heteroatoms. The summed E-state index contributed by atoms with van der Waals surface area (Å²) >= 11 is 0. The molecule has 2 bridgehead atoms. The molecule has 3 aromatic carbocycles. The van der Waals surface area contributed by atoms with Gasteiger partial charge in [-0.3, -0.25) is 0 Å². The largest absolute Gasteiger partial charge is 0.632 e. The number of aliphatic hydroxyl groups is 1. The third kappa shape index (κ3) is 3.87. The second-order valence-electron chi connectivity index (χ2n) is 13.4. The Morgan fingerprint density at radius 1 is 1.07 bits per heavy atom. The van der Waals surface area contributed by atoms with Gasteiger partial charge in [0.25, 0.3) is 0 Å². The minimum Gasteiger partial charge on any atom is -0.632 e. The first-order valence-corrected chi connectivity index (χ1v) is 16.5. The van der Waals surface area contributed by atoms with Crippen LogP contribution < -0.4 is 14.4 Å². The van der Waals surface area contributed by atoms with Crippen LogP contribution in [-0.4, -0.2) is 74.3 Å². The molecule has 2 aliphatic heterocycles. The summed E-state index contributed by atoms with van der Waals surface area (Å²) in [5, 5.41) is 39.5. The summed E-state index contributed by atoms with van der Waals surface area (Å²) in [5.41, 5.74) is 0.276. The third-order valence-electron chi connectivity index (χ3n) is 11.0. The zero-order chi connectivity index (χ0) is 29.2. The van der Waals surface area contributed by atoms with Crippen LogP contribution in [0.5, 0.6) is 11.5 Å². The maximum atomic E-state index is 14.4. The van der Waals surface area contributed by atoms with Gasteiger partial charge in [0.2, 0.25) is 10.0 Å². The highest BCUT2D eigenvalue weighted by Gasteiger charge is 2.76. The van der Waals surface area contributed by atoms with Gasteiger partial charge < -0.3 is 29.7 Å². The van der Waals surface area contributed by atoms with Crippen molar-refractivity contribution in [1.29, 1.82) is 0 Å². The van der Waals surface area contributed by atoms with Crippen molar-refractivity contribution in [1.82, 2.24) is 4.72 Å². The number of phenolic OH excluding ortho intramolecular Hbond substituents is 1. The number of hydrogen-bond donors (Lipinski definition) is 3. The van der Waals surface area contributed by atoms with Gasteiger partial charge in [-0.15, -0.1) is 12.4 Å². The predicted octanol–water partition coefficient (Wildman–Crippen LogP) is 3.96. The molecule has 2 saturated carbocycles. The van der Waals surface area contributed by atoms with E-state index in [2.05, 4.69) is 4.72 Å².